The van der Waals surface area contributed by atoms with E-state index in [4.69, 9.17) is 11.6 Å². The van der Waals surface area contributed by atoms with Crippen molar-refractivity contribution in [3.8, 4) is 11.1 Å². The molecule has 0 aliphatic rings. The zero-order chi connectivity index (χ0) is 10.8. The normalized spacial score (nSPS) is 10.3. The zero-order valence-electron chi connectivity index (χ0n) is 7.55. The van der Waals surface area contributed by atoms with Crippen molar-refractivity contribution in [2.24, 2.45) is 0 Å². The molecule has 0 fully saturated rings. The van der Waals surface area contributed by atoms with Gasteiger partial charge in [-0.2, -0.15) is 0 Å². The van der Waals surface area contributed by atoms with Gasteiger partial charge in [0.25, 0.3) is 0 Å². The molecule has 4 heteroatoms. The predicted octanol–water partition coefficient (Wildman–Crippen LogP) is 3.68. The van der Waals surface area contributed by atoms with E-state index in [9.17, 15) is 8.78 Å². The van der Waals surface area contributed by atoms with Crippen LogP contribution in [0.5, 0.6) is 0 Å². The lowest BCUT2D eigenvalue weighted by Crippen LogP contribution is -1.87. The Morgan fingerprint density at radius 1 is 1.07 bits per heavy atom. The lowest BCUT2D eigenvalue weighted by atomic mass is 10.1. The number of hydrogen-bond donors (Lipinski definition) is 0. The summed E-state index contributed by atoms with van der Waals surface area (Å²) in [6.07, 6.45) is 2.47. The highest BCUT2D eigenvalue weighted by Crippen LogP contribution is 2.24. The maximum atomic E-state index is 13.4. The second-order valence-electron chi connectivity index (χ2n) is 3.02. The quantitative estimate of drug-likeness (QED) is 0.722. The topological polar surface area (TPSA) is 12.9 Å². The Balaban J connectivity index is 2.54. The van der Waals surface area contributed by atoms with Crippen molar-refractivity contribution in [2.45, 2.75) is 0 Å². The van der Waals surface area contributed by atoms with E-state index in [1.165, 1.54) is 24.4 Å². The molecule has 1 heterocycles. The third kappa shape index (κ3) is 2.13. The summed E-state index contributed by atoms with van der Waals surface area (Å²) in [4.78, 5) is 3.65. The Morgan fingerprint density at radius 2 is 1.87 bits per heavy atom. The highest BCUT2D eigenvalue weighted by atomic mass is 35.5. The van der Waals surface area contributed by atoms with Gasteiger partial charge in [0.2, 0.25) is 0 Å². The number of pyridine rings is 1. The fraction of sp³-hybridized carbons (Fsp3) is 0. The second kappa shape index (κ2) is 3.95. The molecule has 1 aromatic carbocycles. The fourth-order valence-electron chi connectivity index (χ4n) is 1.28. The highest BCUT2D eigenvalue weighted by molar-refractivity contribution is 6.30. The van der Waals surface area contributed by atoms with E-state index in [1.807, 2.05) is 0 Å². The van der Waals surface area contributed by atoms with Crippen molar-refractivity contribution in [1.82, 2.24) is 4.98 Å². The summed E-state index contributed by atoms with van der Waals surface area (Å²) >= 11 is 5.61. The average molecular weight is 226 g/mol. The van der Waals surface area contributed by atoms with E-state index in [1.54, 1.807) is 6.07 Å². The number of hydrogen-bond acceptors (Lipinski definition) is 1. The molecular formula is C11H6ClF2N. The minimum absolute atomic E-state index is 0.284. The van der Waals surface area contributed by atoms with Gasteiger partial charge in [0.15, 0.2) is 0 Å². The third-order valence-corrected chi connectivity index (χ3v) is 2.18. The van der Waals surface area contributed by atoms with Crippen molar-refractivity contribution >= 4 is 11.6 Å². The van der Waals surface area contributed by atoms with Gasteiger partial charge in [-0.1, -0.05) is 11.6 Å². The number of halogens is 3. The van der Waals surface area contributed by atoms with Gasteiger partial charge in [-0.15, -0.1) is 0 Å². The molecule has 2 aromatic rings. The van der Waals surface area contributed by atoms with Crippen LogP contribution in [0, 0.1) is 11.6 Å². The van der Waals surface area contributed by atoms with Crippen LogP contribution in [0.25, 0.3) is 11.1 Å². The highest BCUT2D eigenvalue weighted by Gasteiger charge is 2.06. The van der Waals surface area contributed by atoms with Crippen LogP contribution < -0.4 is 0 Å². The molecule has 0 saturated carbocycles. The average Bonchev–Trinajstić information content (AvgIpc) is 2.17. The van der Waals surface area contributed by atoms with Crippen LogP contribution in [0.15, 0.2) is 36.7 Å². The molecule has 0 N–H and O–H groups in total. The number of benzene rings is 1. The van der Waals surface area contributed by atoms with Gasteiger partial charge in [0, 0.05) is 22.3 Å². The van der Waals surface area contributed by atoms with Crippen LogP contribution in [-0.4, -0.2) is 4.98 Å². The van der Waals surface area contributed by atoms with Crippen LogP contribution in [0.1, 0.15) is 0 Å². The molecule has 15 heavy (non-hydrogen) atoms. The first-order valence-corrected chi connectivity index (χ1v) is 4.60. The maximum absolute atomic E-state index is 13.4. The predicted molar refractivity (Wildman–Crippen MR) is 54.6 cm³/mol. The van der Waals surface area contributed by atoms with Crippen LogP contribution >= 0.6 is 11.6 Å². The molecule has 0 aliphatic carbocycles. The van der Waals surface area contributed by atoms with E-state index < -0.39 is 11.6 Å². The molecule has 0 saturated heterocycles. The molecule has 1 nitrogen and oxygen atoms in total. The Bertz CT molecular complexity index is 500. The van der Waals surface area contributed by atoms with E-state index >= 15 is 0 Å². The first-order valence-electron chi connectivity index (χ1n) is 4.23. The molecule has 0 aliphatic heterocycles. The summed E-state index contributed by atoms with van der Waals surface area (Å²) in [5.74, 6) is -0.989. The molecule has 0 spiro atoms. The first-order chi connectivity index (χ1) is 7.16. The third-order valence-electron chi connectivity index (χ3n) is 1.95. The summed E-state index contributed by atoms with van der Waals surface area (Å²) in [5, 5.41) is 0.306. The Kier molecular flexibility index (Phi) is 2.64. The first kappa shape index (κ1) is 10.1. The lowest BCUT2D eigenvalue weighted by Gasteiger charge is -2.03. The van der Waals surface area contributed by atoms with Gasteiger partial charge in [-0.25, -0.2) is 8.78 Å². The van der Waals surface area contributed by atoms with Crippen molar-refractivity contribution in [2.75, 3.05) is 0 Å². The lowest BCUT2D eigenvalue weighted by molar-refractivity contribution is 0.619. The minimum atomic E-state index is -0.498. The largest absolute Gasteiger partial charge is 0.261 e. The molecule has 0 unspecified atom stereocenters. The van der Waals surface area contributed by atoms with Gasteiger partial charge >= 0.3 is 0 Å². The van der Waals surface area contributed by atoms with Gasteiger partial charge in [0.05, 0.1) is 6.20 Å². The monoisotopic (exact) mass is 225 g/mol. The molecular weight excluding hydrogens is 220 g/mol. The van der Waals surface area contributed by atoms with Gasteiger partial charge in [-0.05, 0) is 24.3 Å². The summed E-state index contributed by atoms with van der Waals surface area (Å²) in [6, 6.07) is 5.44. The van der Waals surface area contributed by atoms with Crippen LogP contribution in [0.3, 0.4) is 0 Å². The molecule has 0 amide bonds. The minimum Gasteiger partial charge on any atom is -0.261 e. The van der Waals surface area contributed by atoms with Crippen LogP contribution in [0.4, 0.5) is 8.78 Å². The van der Waals surface area contributed by atoms with E-state index in [-0.39, 0.29) is 5.56 Å². The standard InChI is InChI=1S/C11H6ClF2N/c12-8-1-2-10(11(14)4-8)7-3-9(13)6-15-5-7/h1-6H. The van der Waals surface area contributed by atoms with Gasteiger partial charge in [-0.3, -0.25) is 4.98 Å². The fourth-order valence-corrected chi connectivity index (χ4v) is 1.44. The summed E-state index contributed by atoms with van der Waals surface area (Å²) in [6.45, 7) is 0. The summed E-state index contributed by atoms with van der Waals surface area (Å²) < 4.78 is 26.3. The van der Waals surface area contributed by atoms with Crippen LogP contribution in [0.2, 0.25) is 5.02 Å². The Labute approximate surface area is 90.3 Å². The van der Waals surface area contributed by atoms with Crippen molar-refractivity contribution in [3.05, 3.63) is 53.3 Å². The smallest absolute Gasteiger partial charge is 0.142 e. The molecule has 0 atom stereocenters. The zero-order valence-corrected chi connectivity index (χ0v) is 8.30. The summed E-state index contributed by atoms with van der Waals surface area (Å²) in [5.41, 5.74) is 0.676. The number of aromatic nitrogens is 1. The molecule has 76 valence electrons. The van der Waals surface area contributed by atoms with Crippen molar-refractivity contribution in [3.63, 3.8) is 0 Å². The second-order valence-corrected chi connectivity index (χ2v) is 3.45. The number of nitrogens with zero attached hydrogens (tertiary/aromatic N) is 1. The number of rotatable bonds is 1. The molecule has 1 aromatic heterocycles. The Morgan fingerprint density at radius 3 is 2.53 bits per heavy atom. The molecule has 2 rings (SSSR count). The van der Waals surface area contributed by atoms with Gasteiger partial charge in [0.1, 0.15) is 11.6 Å². The van der Waals surface area contributed by atoms with Crippen molar-refractivity contribution < 1.29 is 8.78 Å². The molecule has 0 bridgehead atoms. The van der Waals surface area contributed by atoms with Gasteiger partial charge < -0.3 is 0 Å². The SMILES string of the molecule is Fc1cncc(-c2ccc(Cl)cc2F)c1. The van der Waals surface area contributed by atoms with E-state index in [0.717, 1.165) is 6.20 Å². The summed E-state index contributed by atoms with van der Waals surface area (Å²) in [7, 11) is 0. The van der Waals surface area contributed by atoms with Crippen molar-refractivity contribution in [1.29, 1.82) is 0 Å². The van der Waals surface area contributed by atoms with E-state index in [0.29, 0.717) is 10.6 Å². The molecule has 0 radical (unpaired) electrons. The van der Waals surface area contributed by atoms with Crippen LogP contribution in [-0.2, 0) is 0 Å². The maximum Gasteiger partial charge on any atom is 0.142 e. The Hall–Kier alpha value is -1.48. The van der Waals surface area contributed by atoms with E-state index in [2.05, 4.69) is 4.98 Å².